The number of benzene rings is 1. The number of halogens is 3. The predicted molar refractivity (Wildman–Crippen MR) is 70.9 cm³/mol. The molecule has 0 saturated carbocycles. The van der Waals surface area contributed by atoms with Gasteiger partial charge < -0.3 is 14.8 Å². The third kappa shape index (κ3) is 6.65. The first-order valence-corrected chi connectivity index (χ1v) is 6.49. The van der Waals surface area contributed by atoms with Crippen LogP contribution in [0.15, 0.2) is 24.3 Å². The monoisotopic (exact) mass is 291 g/mol. The molecule has 0 spiro atoms. The molecule has 1 aromatic carbocycles. The van der Waals surface area contributed by atoms with Crippen molar-refractivity contribution in [3.05, 3.63) is 24.3 Å². The molecule has 114 valence electrons. The smallest absolute Gasteiger partial charge is 0.489 e. The maximum absolute atomic E-state index is 12.2. The van der Waals surface area contributed by atoms with E-state index in [1.54, 1.807) is 6.07 Å². The number of alkyl halides is 3. The van der Waals surface area contributed by atoms with Gasteiger partial charge >= 0.3 is 6.36 Å². The van der Waals surface area contributed by atoms with Crippen molar-refractivity contribution in [1.82, 2.24) is 5.32 Å². The van der Waals surface area contributed by atoms with Gasteiger partial charge in [0.1, 0.15) is 0 Å². The highest BCUT2D eigenvalue weighted by molar-refractivity contribution is 5.39. The van der Waals surface area contributed by atoms with Gasteiger partial charge in [-0.1, -0.05) is 32.9 Å². The van der Waals surface area contributed by atoms with Gasteiger partial charge in [0.25, 0.3) is 0 Å². The fraction of sp³-hybridized carbons (Fsp3) is 0.571. The summed E-state index contributed by atoms with van der Waals surface area (Å²) in [5, 5.41) is 3.24. The van der Waals surface area contributed by atoms with Crippen LogP contribution in [0.1, 0.15) is 20.8 Å². The van der Waals surface area contributed by atoms with Gasteiger partial charge in [0.15, 0.2) is 11.5 Å². The number of hydrogen-bond acceptors (Lipinski definition) is 3. The molecule has 0 aliphatic heterocycles. The summed E-state index contributed by atoms with van der Waals surface area (Å²) in [4.78, 5) is 0. The van der Waals surface area contributed by atoms with Crippen LogP contribution in [0, 0.1) is 5.92 Å². The van der Waals surface area contributed by atoms with E-state index >= 15 is 0 Å². The van der Waals surface area contributed by atoms with Crippen LogP contribution in [-0.4, -0.2) is 25.6 Å². The molecule has 3 nitrogen and oxygen atoms in total. The summed E-state index contributed by atoms with van der Waals surface area (Å²) >= 11 is 0. The van der Waals surface area contributed by atoms with E-state index < -0.39 is 6.36 Å². The maximum atomic E-state index is 12.2. The van der Waals surface area contributed by atoms with Crippen molar-refractivity contribution in [3.8, 4) is 11.5 Å². The molecule has 0 heterocycles. The SMILES string of the molecule is CC(CNC(C)C)COc1ccccc1OC(F)(F)F. The van der Waals surface area contributed by atoms with Crippen molar-refractivity contribution in [2.45, 2.75) is 33.2 Å². The zero-order chi connectivity index (χ0) is 15.2. The fourth-order valence-corrected chi connectivity index (χ4v) is 1.51. The molecule has 0 aliphatic rings. The van der Waals surface area contributed by atoms with Crippen LogP contribution in [0.3, 0.4) is 0 Å². The van der Waals surface area contributed by atoms with Crippen LogP contribution in [-0.2, 0) is 0 Å². The Labute approximate surface area is 117 Å². The molecule has 20 heavy (non-hydrogen) atoms. The second kappa shape index (κ2) is 7.38. The van der Waals surface area contributed by atoms with Crippen molar-refractivity contribution in [2.75, 3.05) is 13.2 Å². The van der Waals surface area contributed by atoms with Crippen molar-refractivity contribution >= 4 is 0 Å². The third-order valence-electron chi connectivity index (χ3n) is 2.47. The van der Waals surface area contributed by atoms with E-state index in [1.165, 1.54) is 18.2 Å². The molecule has 0 aliphatic carbocycles. The average Bonchev–Trinajstić information content (AvgIpc) is 2.33. The Hall–Kier alpha value is -1.43. The molecule has 6 heteroatoms. The lowest BCUT2D eigenvalue weighted by atomic mass is 10.2. The highest BCUT2D eigenvalue weighted by Gasteiger charge is 2.32. The fourth-order valence-electron chi connectivity index (χ4n) is 1.51. The second-order valence-electron chi connectivity index (χ2n) is 4.97. The minimum absolute atomic E-state index is 0.0984. The molecule has 0 radical (unpaired) electrons. The topological polar surface area (TPSA) is 30.5 Å². The first-order chi connectivity index (χ1) is 9.28. The Bertz CT molecular complexity index is 408. The van der Waals surface area contributed by atoms with Gasteiger partial charge in [-0.05, 0) is 12.1 Å². The minimum Gasteiger partial charge on any atom is -0.489 e. The molecule has 0 bridgehead atoms. The van der Waals surface area contributed by atoms with Crippen molar-refractivity contribution < 1.29 is 22.6 Å². The number of para-hydroxylation sites is 2. The molecule has 1 unspecified atom stereocenters. The number of ether oxygens (including phenoxy) is 2. The number of hydrogen-bond donors (Lipinski definition) is 1. The van der Waals surface area contributed by atoms with Gasteiger partial charge in [-0.3, -0.25) is 0 Å². The average molecular weight is 291 g/mol. The zero-order valence-corrected chi connectivity index (χ0v) is 11.8. The summed E-state index contributed by atoms with van der Waals surface area (Å²) in [5.41, 5.74) is 0. The van der Waals surface area contributed by atoms with E-state index in [0.717, 1.165) is 6.54 Å². The van der Waals surface area contributed by atoms with Gasteiger partial charge in [-0.2, -0.15) is 0 Å². The quantitative estimate of drug-likeness (QED) is 0.832. The summed E-state index contributed by atoms with van der Waals surface area (Å²) < 4.78 is 46.1. The van der Waals surface area contributed by atoms with Gasteiger partial charge in [0, 0.05) is 18.5 Å². The molecule has 1 rings (SSSR count). The predicted octanol–water partition coefficient (Wildman–Crippen LogP) is 3.60. The Morgan fingerprint density at radius 2 is 1.70 bits per heavy atom. The molecule has 0 aromatic heterocycles. The van der Waals surface area contributed by atoms with Crippen LogP contribution < -0.4 is 14.8 Å². The lowest BCUT2D eigenvalue weighted by Gasteiger charge is -2.18. The Morgan fingerprint density at radius 3 is 2.25 bits per heavy atom. The lowest BCUT2D eigenvalue weighted by Crippen LogP contribution is -2.30. The Morgan fingerprint density at radius 1 is 1.10 bits per heavy atom. The van der Waals surface area contributed by atoms with Crippen LogP contribution in [0.25, 0.3) is 0 Å². The Kier molecular flexibility index (Phi) is 6.13. The van der Waals surface area contributed by atoms with Crippen molar-refractivity contribution in [3.63, 3.8) is 0 Å². The normalized spacial score (nSPS) is 13.3. The van der Waals surface area contributed by atoms with Crippen LogP contribution >= 0.6 is 0 Å². The van der Waals surface area contributed by atoms with Gasteiger partial charge in [0.2, 0.25) is 0 Å². The molecule has 1 N–H and O–H groups in total. The third-order valence-corrected chi connectivity index (χ3v) is 2.47. The van der Waals surface area contributed by atoms with Crippen LogP contribution in [0.4, 0.5) is 13.2 Å². The summed E-state index contributed by atoms with van der Waals surface area (Å²) in [6.45, 7) is 7.07. The van der Waals surface area contributed by atoms with E-state index in [2.05, 4.69) is 10.1 Å². The number of rotatable bonds is 7. The van der Waals surface area contributed by atoms with Crippen LogP contribution in [0.2, 0.25) is 0 Å². The second-order valence-corrected chi connectivity index (χ2v) is 4.97. The van der Waals surface area contributed by atoms with Gasteiger partial charge in [0.05, 0.1) is 6.61 Å². The van der Waals surface area contributed by atoms with E-state index in [4.69, 9.17) is 4.74 Å². The highest BCUT2D eigenvalue weighted by atomic mass is 19.4. The van der Waals surface area contributed by atoms with Crippen molar-refractivity contribution in [2.24, 2.45) is 5.92 Å². The molecule has 0 saturated heterocycles. The molecular formula is C14H20F3NO2. The zero-order valence-electron chi connectivity index (χ0n) is 11.8. The summed E-state index contributed by atoms with van der Waals surface area (Å²) in [7, 11) is 0. The molecule has 1 aromatic rings. The number of nitrogens with one attached hydrogen (secondary N) is 1. The maximum Gasteiger partial charge on any atom is 0.573 e. The van der Waals surface area contributed by atoms with Crippen molar-refractivity contribution in [1.29, 1.82) is 0 Å². The molecular weight excluding hydrogens is 271 g/mol. The highest BCUT2D eigenvalue weighted by Crippen LogP contribution is 2.31. The van der Waals surface area contributed by atoms with E-state index in [9.17, 15) is 13.2 Å². The first-order valence-electron chi connectivity index (χ1n) is 6.49. The Balaban J connectivity index is 2.55. The van der Waals surface area contributed by atoms with E-state index in [0.29, 0.717) is 12.6 Å². The first kappa shape index (κ1) is 16.6. The summed E-state index contributed by atoms with van der Waals surface area (Å²) in [6.07, 6.45) is -4.72. The molecule has 0 amide bonds. The van der Waals surface area contributed by atoms with E-state index in [1.807, 2.05) is 20.8 Å². The lowest BCUT2D eigenvalue weighted by molar-refractivity contribution is -0.275. The van der Waals surface area contributed by atoms with E-state index in [-0.39, 0.29) is 17.4 Å². The molecule has 0 fully saturated rings. The molecule has 1 atom stereocenters. The largest absolute Gasteiger partial charge is 0.573 e. The van der Waals surface area contributed by atoms with Crippen LogP contribution in [0.5, 0.6) is 11.5 Å². The minimum atomic E-state index is -4.72. The summed E-state index contributed by atoms with van der Waals surface area (Å²) in [5.74, 6) is -0.0402. The summed E-state index contributed by atoms with van der Waals surface area (Å²) in [6, 6.07) is 6.13. The van der Waals surface area contributed by atoms with Gasteiger partial charge in [-0.15, -0.1) is 13.2 Å². The standard InChI is InChI=1S/C14H20F3NO2/c1-10(2)18-8-11(3)9-19-12-6-4-5-7-13(12)20-14(15,16)17/h4-7,10-11,18H,8-9H2,1-3H3. The van der Waals surface area contributed by atoms with Gasteiger partial charge in [-0.25, -0.2) is 0 Å².